The molecule has 116 valence electrons. The molecule has 5 heteroatoms. The zero-order valence-electron chi connectivity index (χ0n) is 13.0. The van der Waals surface area contributed by atoms with Crippen molar-refractivity contribution < 1.29 is 9.53 Å². The second-order valence-electron chi connectivity index (χ2n) is 5.17. The lowest BCUT2D eigenvalue weighted by atomic mass is 10.0. The number of carbonyl (C=O) groups is 1. The summed E-state index contributed by atoms with van der Waals surface area (Å²) in [6.45, 7) is 4.74. The number of hydrogen-bond donors (Lipinski definition) is 0. The van der Waals surface area contributed by atoms with Crippen LogP contribution in [-0.2, 0) is 4.74 Å². The molecule has 0 bridgehead atoms. The summed E-state index contributed by atoms with van der Waals surface area (Å²) in [6, 6.07) is 6.64. The minimum absolute atomic E-state index is 0.321. The van der Waals surface area contributed by atoms with Crippen molar-refractivity contribution in [2.75, 3.05) is 18.7 Å². The van der Waals surface area contributed by atoms with Crippen LogP contribution in [0.15, 0.2) is 29.6 Å². The maximum atomic E-state index is 12.0. The van der Waals surface area contributed by atoms with Gasteiger partial charge < -0.3 is 4.74 Å². The van der Waals surface area contributed by atoms with E-state index in [9.17, 15) is 9.70 Å². The normalized spacial score (nSPS) is 11.8. The highest BCUT2D eigenvalue weighted by molar-refractivity contribution is 5.89. The Kier molecular flexibility index (Phi) is 7.43. The van der Waals surface area contributed by atoms with E-state index in [4.69, 9.17) is 4.74 Å². The molecule has 1 atom stereocenters. The second-order valence-corrected chi connectivity index (χ2v) is 5.17. The summed E-state index contributed by atoms with van der Waals surface area (Å²) >= 11 is 0. The first-order valence-corrected chi connectivity index (χ1v) is 7.46. The van der Waals surface area contributed by atoms with Crippen LogP contribution >= 0.6 is 0 Å². The molecule has 21 heavy (non-hydrogen) atoms. The van der Waals surface area contributed by atoms with Crippen molar-refractivity contribution in [1.82, 2.24) is 0 Å². The Bertz CT molecular complexity index is 445. The molecule has 0 aromatic heterocycles. The van der Waals surface area contributed by atoms with Gasteiger partial charge in [0.2, 0.25) is 0 Å². The molecule has 0 amide bonds. The SMILES string of the molecule is CCCCC(CC)CO[14C](=O)c1ccc(N(C)N=O)cc1. The molecule has 0 N–H and O–H groups in total. The molecule has 1 rings (SSSR count). The fourth-order valence-corrected chi connectivity index (χ4v) is 2.04. The Balaban J connectivity index is 2.53. The van der Waals surface area contributed by atoms with Crippen LogP contribution < -0.4 is 5.01 Å². The van der Waals surface area contributed by atoms with E-state index in [-0.39, 0.29) is 5.97 Å². The number of hydrogen-bond acceptors (Lipinski definition) is 4. The second kappa shape index (κ2) is 9.10. The third kappa shape index (κ3) is 5.53. The number of benzene rings is 1. The molecule has 0 fully saturated rings. The lowest BCUT2D eigenvalue weighted by Gasteiger charge is -2.15. The summed E-state index contributed by atoms with van der Waals surface area (Å²) < 4.78 is 5.37. The van der Waals surface area contributed by atoms with Crippen molar-refractivity contribution in [3.63, 3.8) is 0 Å². The minimum atomic E-state index is -0.321. The lowest BCUT2D eigenvalue weighted by molar-refractivity contribution is 0.0428. The quantitative estimate of drug-likeness (QED) is 0.389. The van der Waals surface area contributed by atoms with Gasteiger partial charge in [-0.15, -0.1) is 4.91 Å². The van der Waals surface area contributed by atoms with Gasteiger partial charge in [0.1, 0.15) is 0 Å². The van der Waals surface area contributed by atoms with Crippen LogP contribution in [0.25, 0.3) is 0 Å². The van der Waals surface area contributed by atoms with Gasteiger partial charge in [-0.25, -0.2) is 9.80 Å². The number of anilines is 1. The van der Waals surface area contributed by atoms with Gasteiger partial charge in [-0.2, -0.15) is 0 Å². The number of nitroso groups, excluding NO2 is 1. The highest BCUT2D eigenvalue weighted by atomic mass is 16.8. The van der Waals surface area contributed by atoms with Crippen LogP contribution in [0.3, 0.4) is 0 Å². The molecule has 0 spiro atoms. The van der Waals surface area contributed by atoms with Crippen molar-refractivity contribution in [3.05, 3.63) is 34.7 Å². The monoisotopic (exact) mass is 294 g/mol. The van der Waals surface area contributed by atoms with Gasteiger partial charge in [-0.1, -0.05) is 33.1 Å². The zero-order valence-corrected chi connectivity index (χ0v) is 13.0. The average Bonchev–Trinajstić information content (AvgIpc) is 2.54. The zero-order chi connectivity index (χ0) is 15.7. The van der Waals surface area contributed by atoms with Gasteiger partial charge >= 0.3 is 5.97 Å². The average molecular weight is 294 g/mol. The smallest absolute Gasteiger partial charge is 0.338 e. The first kappa shape index (κ1) is 17.1. The fourth-order valence-electron chi connectivity index (χ4n) is 2.04. The first-order valence-electron chi connectivity index (χ1n) is 7.46. The highest BCUT2D eigenvalue weighted by Crippen LogP contribution is 2.16. The molecular weight excluding hydrogens is 270 g/mol. The standard InChI is InChI=1S/C16H24N2O3/c1-4-6-7-13(5-2)12-21-16(19)14-8-10-15(11-9-14)18(3)17-20/h8-11,13H,4-7,12H2,1-3H3/i16+2. The molecule has 0 radical (unpaired) electrons. The van der Waals surface area contributed by atoms with Crippen molar-refractivity contribution in [2.45, 2.75) is 39.5 Å². The van der Waals surface area contributed by atoms with E-state index < -0.39 is 0 Å². The molecule has 0 aliphatic carbocycles. The number of rotatable bonds is 9. The van der Waals surface area contributed by atoms with Crippen LogP contribution in [-0.4, -0.2) is 19.6 Å². The first-order chi connectivity index (χ1) is 10.1. The maximum Gasteiger partial charge on any atom is 0.338 e. The van der Waals surface area contributed by atoms with Crippen LogP contribution in [0.5, 0.6) is 0 Å². The Morgan fingerprint density at radius 3 is 2.48 bits per heavy atom. The number of unbranched alkanes of at least 4 members (excludes halogenated alkanes) is 1. The summed E-state index contributed by atoms with van der Waals surface area (Å²) in [4.78, 5) is 22.4. The summed E-state index contributed by atoms with van der Waals surface area (Å²) in [6.07, 6.45) is 4.43. The lowest BCUT2D eigenvalue weighted by Crippen LogP contribution is -2.14. The molecule has 0 aliphatic rings. The molecule has 1 aromatic rings. The Labute approximate surface area is 126 Å². The third-order valence-corrected chi connectivity index (χ3v) is 3.59. The van der Waals surface area contributed by atoms with Crippen molar-refractivity contribution in [1.29, 1.82) is 0 Å². The minimum Gasteiger partial charge on any atom is -0.462 e. The summed E-state index contributed by atoms with van der Waals surface area (Å²) in [5.74, 6) is 0.108. The molecule has 0 saturated carbocycles. The number of ether oxygens (including phenoxy) is 1. The summed E-state index contributed by atoms with van der Waals surface area (Å²) in [7, 11) is 1.56. The Hall–Kier alpha value is -1.91. The molecule has 0 saturated heterocycles. The van der Waals surface area contributed by atoms with Crippen LogP contribution in [0.2, 0.25) is 0 Å². The van der Waals surface area contributed by atoms with E-state index in [0.717, 1.165) is 25.7 Å². The van der Waals surface area contributed by atoms with E-state index in [0.29, 0.717) is 23.8 Å². The number of nitrogens with zero attached hydrogens (tertiary/aromatic N) is 2. The van der Waals surface area contributed by atoms with Gasteiger partial charge in [0.25, 0.3) is 0 Å². The molecule has 1 aromatic carbocycles. The van der Waals surface area contributed by atoms with Crippen molar-refractivity contribution in [2.24, 2.45) is 11.2 Å². The summed E-state index contributed by atoms with van der Waals surface area (Å²) in [5.41, 5.74) is 1.12. The van der Waals surface area contributed by atoms with Gasteiger partial charge in [-0.3, -0.25) is 0 Å². The highest BCUT2D eigenvalue weighted by Gasteiger charge is 2.12. The van der Waals surface area contributed by atoms with Gasteiger partial charge in [0.15, 0.2) is 0 Å². The molecule has 0 aliphatic heterocycles. The predicted molar refractivity (Wildman–Crippen MR) is 84.2 cm³/mol. The Morgan fingerprint density at radius 2 is 1.95 bits per heavy atom. The van der Waals surface area contributed by atoms with Crippen molar-refractivity contribution >= 4 is 11.7 Å². The molecule has 5 nitrogen and oxygen atoms in total. The van der Waals surface area contributed by atoms with Gasteiger partial charge in [-0.05, 0) is 36.6 Å². The van der Waals surface area contributed by atoms with E-state index in [1.54, 1.807) is 31.3 Å². The number of esters is 1. The largest absolute Gasteiger partial charge is 0.462 e. The summed E-state index contributed by atoms with van der Waals surface area (Å²) in [5, 5.41) is 4.00. The van der Waals surface area contributed by atoms with Gasteiger partial charge in [0.05, 0.1) is 23.1 Å². The van der Waals surface area contributed by atoms with Crippen LogP contribution in [0, 0.1) is 10.8 Å². The third-order valence-electron chi connectivity index (χ3n) is 3.59. The fraction of sp³-hybridized carbons (Fsp3) is 0.562. The molecule has 0 heterocycles. The Morgan fingerprint density at radius 1 is 1.29 bits per heavy atom. The van der Waals surface area contributed by atoms with E-state index in [1.165, 1.54) is 5.01 Å². The maximum absolute atomic E-state index is 12.0. The van der Waals surface area contributed by atoms with E-state index in [1.807, 2.05) is 0 Å². The van der Waals surface area contributed by atoms with E-state index >= 15 is 0 Å². The predicted octanol–water partition coefficient (Wildman–Crippen LogP) is 4.18. The molecule has 1 unspecified atom stereocenters. The van der Waals surface area contributed by atoms with Gasteiger partial charge in [0, 0.05) is 7.05 Å². The number of carbonyl (C=O) groups excluding carboxylic acids is 1. The van der Waals surface area contributed by atoms with Crippen LogP contribution in [0.1, 0.15) is 49.9 Å². The van der Waals surface area contributed by atoms with Crippen LogP contribution in [0.4, 0.5) is 5.69 Å². The topological polar surface area (TPSA) is 59.0 Å². The molecular formula is C16H24N2O3. The van der Waals surface area contributed by atoms with Crippen molar-refractivity contribution in [3.8, 4) is 0 Å². The van der Waals surface area contributed by atoms with E-state index in [2.05, 4.69) is 19.1 Å².